The van der Waals surface area contributed by atoms with Crippen LogP contribution in [0.2, 0.25) is 0 Å². The largest absolute Gasteiger partial charge is 0.300 e. The lowest BCUT2D eigenvalue weighted by molar-refractivity contribution is -0.116. The summed E-state index contributed by atoms with van der Waals surface area (Å²) in [5, 5.41) is -0.788. The van der Waals surface area contributed by atoms with E-state index in [0.29, 0.717) is 5.56 Å². The lowest BCUT2D eigenvalue weighted by Gasteiger charge is -2.13. The van der Waals surface area contributed by atoms with Crippen LogP contribution in [-0.4, -0.2) is 19.5 Å². The SMILES string of the molecule is CC(=O)CC(C)S(=O)(=O)c1ccc(F)cc1C. The summed E-state index contributed by atoms with van der Waals surface area (Å²) in [5.74, 6) is -0.651. The van der Waals surface area contributed by atoms with E-state index in [4.69, 9.17) is 0 Å². The summed E-state index contributed by atoms with van der Waals surface area (Å²) in [6, 6.07) is 3.53. The Morgan fingerprint density at radius 3 is 2.47 bits per heavy atom. The normalized spacial score (nSPS) is 13.4. The van der Waals surface area contributed by atoms with E-state index in [-0.39, 0.29) is 17.1 Å². The third-order valence-electron chi connectivity index (χ3n) is 2.55. The number of carbonyl (C=O) groups excluding carboxylic acids is 1. The van der Waals surface area contributed by atoms with Gasteiger partial charge in [0, 0.05) is 6.42 Å². The molecule has 1 rings (SSSR count). The van der Waals surface area contributed by atoms with Gasteiger partial charge in [-0.25, -0.2) is 12.8 Å². The molecule has 0 saturated heterocycles. The number of benzene rings is 1. The minimum atomic E-state index is -3.57. The van der Waals surface area contributed by atoms with Crippen LogP contribution in [0.25, 0.3) is 0 Å². The summed E-state index contributed by atoms with van der Waals surface area (Å²) in [6.07, 6.45) is -0.0286. The summed E-state index contributed by atoms with van der Waals surface area (Å²) in [5.41, 5.74) is 0.361. The van der Waals surface area contributed by atoms with Gasteiger partial charge < -0.3 is 0 Å². The number of rotatable bonds is 4. The molecule has 0 aliphatic heterocycles. The van der Waals surface area contributed by atoms with Gasteiger partial charge in [-0.3, -0.25) is 4.79 Å². The Kier molecular flexibility index (Phi) is 4.03. The first kappa shape index (κ1) is 13.8. The maximum atomic E-state index is 12.9. The van der Waals surface area contributed by atoms with E-state index in [1.807, 2.05) is 0 Å². The number of carbonyl (C=O) groups is 1. The molecule has 1 aromatic rings. The molecule has 5 heteroatoms. The van der Waals surface area contributed by atoms with E-state index >= 15 is 0 Å². The Bertz CT molecular complexity index is 535. The first-order valence-electron chi connectivity index (χ1n) is 5.24. The highest BCUT2D eigenvalue weighted by atomic mass is 32.2. The fourth-order valence-electron chi connectivity index (χ4n) is 1.66. The highest BCUT2D eigenvalue weighted by Crippen LogP contribution is 2.22. The number of hydrogen-bond acceptors (Lipinski definition) is 3. The number of hydrogen-bond donors (Lipinski definition) is 0. The van der Waals surface area contributed by atoms with E-state index in [9.17, 15) is 17.6 Å². The summed E-state index contributed by atoms with van der Waals surface area (Å²) in [7, 11) is -3.57. The van der Waals surface area contributed by atoms with Crippen molar-refractivity contribution in [1.29, 1.82) is 0 Å². The van der Waals surface area contributed by atoms with Gasteiger partial charge in [0.15, 0.2) is 9.84 Å². The molecule has 0 aliphatic rings. The lowest BCUT2D eigenvalue weighted by Crippen LogP contribution is -2.21. The second kappa shape index (κ2) is 4.96. The fraction of sp³-hybridized carbons (Fsp3) is 0.417. The van der Waals surface area contributed by atoms with Gasteiger partial charge in [0.2, 0.25) is 0 Å². The quantitative estimate of drug-likeness (QED) is 0.778. The molecule has 94 valence electrons. The van der Waals surface area contributed by atoms with E-state index in [0.717, 1.165) is 6.07 Å². The van der Waals surface area contributed by atoms with Crippen LogP contribution in [0.15, 0.2) is 23.1 Å². The average molecular weight is 258 g/mol. The van der Waals surface area contributed by atoms with Gasteiger partial charge in [0.05, 0.1) is 10.1 Å². The predicted molar refractivity (Wildman–Crippen MR) is 63.1 cm³/mol. The van der Waals surface area contributed by atoms with Crippen molar-refractivity contribution in [2.45, 2.75) is 37.3 Å². The summed E-state index contributed by atoms with van der Waals surface area (Å²) < 4.78 is 37.1. The van der Waals surface area contributed by atoms with E-state index in [2.05, 4.69) is 0 Å². The molecule has 0 N–H and O–H groups in total. The minimum absolute atomic E-state index is 0.0286. The maximum absolute atomic E-state index is 12.9. The van der Waals surface area contributed by atoms with E-state index < -0.39 is 20.9 Å². The third kappa shape index (κ3) is 3.12. The Morgan fingerprint density at radius 2 is 2.00 bits per heavy atom. The van der Waals surface area contributed by atoms with Crippen LogP contribution in [0.3, 0.4) is 0 Å². The van der Waals surface area contributed by atoms with Gasteiger partial charge in [-0.15, -0.1) is 0 Å². The predicted octanol–water partition coefficient (Wildman–Crippen LogP) is 2.28. The lowest BCUT2D eigenvalue weighted by atomic mass is 10.2. The van der Waals surface area contributed by atoms with Crippen molar-refractivity contribution in [3.05, 3.63) is 29.6 Å². The van der Waals surface area contributed by atoms with Crippen molar-refractivity contribution in [3.8, 4) is 0 Å². The molecule has 1 aromatic carbocycles. The van der Waals surface area contributed by atoms with Crippen LogP contribution < -0.4 is 0 Å². The van der Waals surface area contributed by atoms with Crippen LogP contribution in [-0.2, 0) is 14.6 Å². The van der Waals surface area contributed by atoms with Crippen LogP contribution in [0, 0.1) is 12.7 Å². The molecular weight excluding hydrogens is 243 g/mol. The van der Waals surface area contributed by atoms with E-state index in [1.54, 1.807) is 0 Å². The molecule has 1 atom stereocenters. The van der Waals surface area contributed by atoms with Crippen molar-refractivity contribution in [2.75, 3.05) is 0 Å². The number of halogens is 1. The van der Waals surface area contributed by atoms with Crippen molar-refractivity contribution >= 4 is 15.6 Å². The van der Waals surface area contributed by atoms with Gasteiger partial charge in [-0.1, -0.05) is 0 Å². The molecule has 0 fully saturated rings. The molecule has 0 bridgehead atoms. The molecule has 3 nitrogen and oxygen atoms in total. The maximum Gasteiger partial charge on any atom is 0.181 e. The zero-order valence-corrected chi connectivity index (χ0v) is 10.8. The number of sulfone groups is 1. The number of ketones is 1. The zero-order valence-electron chi connectivity index (χ0n) is 10.0. The van der Waals surface area contributed by atoms with Crippen molar-refractivity contribution < 1.29 is 17.6 Å². The van der Waals surface area contributed by atoms with Crippen molar-refractivity contribution in [3.63, 3.8) is 0 Å². The first-order chi connectivity index (χ1) is 7.75. The smallest absolute Gasteiger partial charge is 0.181 e. The van der Waals surface area contributed by atoms with Gasteiger partial charge in [-0.05, 0) is 44.5 Å². The second-order valence-electron chi connectivity index (χ2n) is 4.17. The molecule has 0 aromatic heterocycles. The third-order valence-corrected chi connectivity index (χ3v) is 4.85. The Morgan fingerprint density at radius 1 is 1.41 bits per heavy atom. The highest BCUT2D eigenvalue weighted by molar-refractivity contribution is 7.92. The van der Waals surface area contributed by atoms with Gasteiger partial charge in [-0.2, -0.15) is 0 Å². The van der Waals surface area contributed by atoms with E-state index in [1.165, 1.54) is 32.9 Å². The molecule has 0 heterocycles. The minimum Gasteiger partial charge on any atom is -0.300 e. The van der Waals surface area contributed by atoms with Gasteiger partial charge in [0.25, 0.3) is 0 Å². The molecule has 0 saturated carbocycles. The molecule has 17 heavy (non-hydrogen) atoms. The van der Waals surface area contributed by atoms with Crippen LogP contribution in [0.1, 0.15) is 25.8 Å². The average Bonchev–Trinajstić information content (AvgIpc) is 2.15. The van der Waals surface area contributed by atoms with Crippen molar-refractivity contribution in [1.82, 2.24) is 0 Å². The van der Waals surface area contributed by atoms with Crippen LogP contribution >= 0.6 is 0 Å². The molecule has 1 unspecified atom stereocenters. The summed E-state index contributed by atoms with van der Waals surface area (Å²) >= 11 is 0. The zero-order chi connectivity index (χ0) is 13.2. The highest BCUT2D eigenvalue weighted by Gasteiger charge is 2.26. The van der Waals surface area contributed by atoms with Crippen LogP contribution in [0.4, 0.5) is 4.39 Å². The Balaban J connectivity index is 3.17. The summed E-state index contributed by atoms with van der Waals surface area (Å²) in [6.45, 7) is 4.37. The molecule has 0 radical (unpaired) electrons. The topological polar surface area (TPSA) is 51.2 Å². The Labute approximate surface area is 101 Å². The molecule has 0 spiro atoms. The second-order valence-corrected chi connectivity index (χ2v) is 6.51. The van der Waals surface area contributed by atoms with Gasteiger partial charge in [0.1, 0.15) is 11.6 Å². The van der Waals surface area contributed by atoms with Crippen LogP contribution in [0.5, 0.6) is 0 Å². The Hall–Kier alpha value is -1.23. The van der Waals surface area contributed by atoms with Crippen molar-refractivity contribution in [2.24, 2.45) is 0 Å². The molecule has 0 amide bonds. The number of Topliss-reactive ketones (excluding diaryl/α,β-unsaturated/α-hetero) is 1. The standard InChI is InChI=1S/C12H15FO3S/c1-8-6-11(13)4-5-12(8)17(15,16)10(3)7-9(2)14/h4-6,10H,7H2,1-3H3. The molecule has 0 aliphatic carbocycles. The monoisotopic (exact) mass is 258 g/mol. The fourth-order valence-corrected chi connectivity index (χ4v) is 3.32. The first-order valence-corrected chi connectivity index (χ1v) is 6.79. The van der Waals surface area contributed by atoms with Gasteiger partial charge >= 0.3 is 0 Å². The molecular formula is C12H15FO3S. The summed E-state index contributed by atoms with van der Waals surface area (Å²) in [4.78, 5) is 11.0. The number of aryl methyl sites for hydroxylation is 1.